The molecule has 1 unspecified atom stereocenters. The van der Waals surface area contributed by atoms with E-state index in [2.05, 4.69) is 11.9 Å². The maximum Gasteiger partial charge on any atom is 0.183 e. The zero-order valence-corrected chi connectivity index (χ0v) is 15.3. The van der Waals surface area contributed by atoms with Crippen molar-refractivity contribution < 1.29 is 15.0 Å². The summed E-state index contributed by atoms with van der Waals surface area (Å²) in [5, 5.41) is 20.9. The number of carbonyl (C=O) groups is 1. The summed E-state index contributed by atoms with van der Waals surface area (Å²) in [5.74, 6) is -0.926. The molecule has 132 valence electrons. The number of hydrogen-bond donors (Lipinski definition) is 3. The van der Waals surface area contributed by atoms with Gasteiger partial charge >= 0.3 is 0 Å². The number of H-pyrrole nitrogens is 1. The van der Waals surface area contributed by atoms with Crippen molar-refractivity contribution in [1.82, 2.24) is 4.98 Å². The van der Waals surface area contributed by atoms with Crippen LogP contribution in [0.3, 0.4) is 0 Å². The van der Waals surface area contributed by atoms with Gasteiger partial charge in [0.2, 0.25) is 0 Å². The summed E-state index contributed by atoms with van der Waals surface area (Å²) < 4.78 is 0. The molecule has 0 radical (unpaired) electrons. The molecule has 0 saturated carbocycles. The standard InChI is InChI=1S/C20H24N2O3/c1-6-13-10(2)18(21-11(13)3)17-19(24)16(20(17)25)14-8-7-12(22(4)5)9-15(14)23/h7-9,16,21,23-24H,6H2,1-5H3. The van der Waals surface area contributed by atoms with E-state index < -0.39 is 5.92 Å². The number of hydrogen-bond acceptors (Lipinski definition) is 4. The lowest BCUT2D eigenvalue weighted by atomic mass is 9.75. The van der Waals surface area contributed by atoms with Gasteiger partial charge < -0.3 is 20.1 Å². The molecule has 3 rings (SSSR count). The van der Waals surface area contributed by atoms with Gasteiger partial charge in [0.25, 0.3) is 0 Å². The molecule has 0 spiro atoms. The van der Waals surface area contributed by atoms with Gasteiger partial charge in [-0.3, -0.25) is 4.79 Å². The molecular formula is C20H24N2O3. The molecule has 0 fully saturated rings. The molecule has 5 heteroatoms. The topological polar surface area (TPSA) is 76.6 Å². The van der Waals surface area contributed by atoms with Crippen molar-refractivity contribution in [2.75, 3.05) is 19.0 Å². The predicted molar refractivity (Wildman–Crippen MR) is 99.4 cm³/mol. The highest BCUT2D eigenvalue weighted by molar-refractivity contribution is 6.32. The third-order valence-corrected chi connectivity index (χ3v) is 5.08. The van der Waals surface area contributed by atoms with Crippen LogP contribution in [-0.2, 0) is 11.2 Å². The van der Waals surface area contributed by atoms with Crippen LogP contribution in [0.4, 0.5) is 5.69 Å². The van der Waals surface area contributed by atoms with E-state index in [1.807, 2.05) is 38.9 Å². The van der Waals surface area contributed by atoms with Gasteiger partial charge in [0.15, 0.2) is 5.78 Å². The zero-order valence-electron chi connectivity index (χ0n) is 15.3. The van der Waals surface area contributed by atoms with Gasteiger partial charge in [0.1, 0.15) is 17.4 Å². The van der Waals surface area contributed by atoms with Gasteiger partial charge in [-0.15, -0.1) is 0 Å². The Labute approximate surface area is 147 Å². The van der Waals surface area contributed by atoms with E-state index in [0.29, 0.717) is 16.8 Å². The second-order valence-electron chi connectivity index (χ2n) is 6.78. The Morgan fingerprint density at radius 1 is 1.20 bits per heavy atom. The number of aliphatic hydroxyl groups excluding tert-OH is 1. The number of anilines is 1. The van der Waals surface area contributed by atoms with E-state index in [-0.39, 0.29) is 17.3 Å². The molecule has 5 nitrogen and oxygen atoms in total. The molecule has 0 bridgehead atoms. The zero-order chi connectivity index (χ0) is 18.5. The predicted octanol–water partition coefficient (Wildman–Crippen LogP) is 3.60. The molecule has 1 heterocycles. The van der Waals surface area contributed by atoms with Crippen molar-refractivity contribution in [3.8, 4) is 5.75 Å². The summed E-state index contributed by atoms with van der Waals surface area (Å²) in [6, 6.07) is 5.13. The highest BCUT2D eigenvalue weighted by Gasteiger charge is 2.44. The van der Waals surface area contributed by atoms with Gasteiger partial charge in [0.05, 0.1) is 11.3 Å². The number of Topliss-reactive ketones (excluding diaryl/α,β-unsaturated/α-hetero) is 1. The number of aliphatic hydroxyl groups is 1. The molecule has 1 aromatic carbocycles. The van der Waals surface area contributed by atoms with E-state index in [1.54, 1.807) is 12.1 Å². The number of rotatable bonds is 4. The molecule has 1 aromatic heterocycles. The van der Waals surface area contributed by atoms with Crippen LogP contribution in [-0.4, -0.2) is 35.1 Å². The maximum absolute atomic E-state index is 12.7. The van der Waals surface area contributed by atoms with Crippen molar-refractivity contribution in [2.24, 2.45) is 0 Å². The number of aromatic hydroxyl groups is 1. The van der Waals surface area contributed by atoms with E-state index in [9.17, 15) is 15.0 Å². The number of phenols is 1. The minimum Gasteiger partial charge on any atom is -0.510 e. The molecule has 2 aromatic rings. The van der Waals surface area contributed by atoms with Crippen LogP contribution in [0.15, 0.2) is 24.0 Å². The number of phenolic OH excluding ortho intramolecular Hbond substituents is 1. The second-order valence-corrected chi connectivity index (χ2v) is 6.78. The van der Waals surface area contributed by atoms with E-state index in [0.717, 1.165) is 23.4 Å². The van der Waals surface area contributed by atoms with Crippen molar-refractivity contribution in [3.05, 3.63) is 52.0 Å². The number of aromatic nitrogens is 1. The summed E-state index contributed by atoms with van der Waals surface area (Å²) in [5.41, 5.74) is 5.49. The summed E-state index contributed by atoms with van der Waals surface area (Å²) >= 11 is 0. The highest BCUT2D eigenvalue weighted by Crippen LogP contribution is 2.46. The Hall–Kier alpha value is -2.69. The number of nitrogens with one attached hydrogen (secondary N) is 1. The molecule has 0 aliphatic heterocycles. The molecular weight excluding hydrogens is 316 g/mol. The van der Waals surface area contributed by atoms with Gasteiger partial charge in [-0.2, -0.15) is 0 Å². The third kappa shape index (κ3) is 2.51. The number of ketones is 1. The fourth-order valence-electron chi connectivity index (χ4n) is 3.62. The maximum atomic E-state index is 12.7. The van der Waals surface area contributed by atoms with Crippen molar-refractivity contribution in [3.63, 3.8) is 0 Å². The van der Waals surface area contributed by atoms with Crippen molar-refractivity contribution >= 4 is 17.0 Å². The number of aryl methyl sites for hydroxylation is 1. The first-order chi connectivity index (χ1) is 11.8. The first-order valence-corrected chi connectivity index (χ1v) is 8.43. The average molecular weight is 340 g/mol. The van der Waals surface area contributed by atoms with Crippen LogP contribution in [0.5, 0.6) is 5.75 Å². The van der Waals surface area contributed by atoms with E-state index >= 15 is 0 Å². The first-order valence-electron chi connectivity index (χ1n) is 8.43. The lowest BCUT2D eigenvalue weighted by Gasteiger charge is -2.29. The molecule has 0 saturated heterocycles. The minimum atomic E-state index is -0.792. The summed E-state index contributed by atoms with van der Waals surface area (Å²) in [4.78, 5) is 17.8. The van der Waals surface area contributed by atoms with Crippen LogP contribution in [0.25, 0.3) is 5.57 Å². The van der Waals surface area contributed by atoms with Gasteiger partial charge in [-0.05, 0) is 37.5 Å². The Bertz CT molecular complexity index is 891. The van der Waals surface area contributed by atoms with Crippen LogP contribution in [0.2, 0.25) is 0 Å². The molecule has 0 amide bonds. The Kier molecular flexibility index (Phi) is 4.11. The smallest absolute Gasteiger partial charge is 0.183 e. The van der Waals surface area contributed by atoms with Crippen LogP contribution in [0, 0.1) is 13.8 Å². The largest absolute Gasteiger partial charge is 0.510 e. The number of allylic oxidation sites excluding steroid dienone is 2. The average Bonchev–Trinajstić information content (AvgIpc) is 2.83. The molecule has 3 N–H and O–H groups in total. The summed E-state index contributed by atoms with van der Waals surface area (Å²) in [6.07, 6.45) is 0.868. The Morgan fingerprint density at radius 3 is 2.36 bits per heavy atom. The summed E-state index contributed by atoms with van der Waals surface area (Å²) in [7, 11) is 3.75. The van der Waals surface area contributed by atoms with Crippen LogP contribution < -0.4 is 4.90 Å². The SMILES string of the molecule is CCc1c(C)[nH]c(C2=C(O)C(c3ccc(N(C)C)cc3O)C2=O)c1C. The Balaban J connectivity index is 2.02. The lowest BCUT2D eigenvalue weighted by Crippen LogP contribution is -2.29. The summed E-state index contributed by atoms with van der Waals surface area (Å²) in [6.45, 7) is 6.00. The Morgan fingerprint density at radius 2 is 1.88 bits per heavy atom. The molecule has 1 aliphatic rings. The molecule has 1 atom stereocenters. The molecule has 25 heavy (non-hydrogen) atoms. The van der Waals surface area contributed by atoms with Gasteiger partial charge in [-0.1, -0.05) is 13.0 Å². The lowest BCUT2D eigenvalue weighted by molar-refractivity contribution is -0.116. The third-order valence-electron chi connectivity index (χ3n) is 5.08. The monoisotopic (exact) mass is 340 g/mol. The van der Waals surface area contributed by atoms with Crippen molar-refractivity contribution in [2.45, 2.75) is 33.1 Å². The van der Waals surface area contributed by atoms with Crippen LogP contribution >= 0.6 is 0 Å². The number of nitrogens with zero attached hydrogens (tertiary/aromatic N) is 1. The normalized spacial score (nSPS) is 17.0. The molecule has 1 aliphatic carbocycles. The minimum absolute atomic E-state index is 0.0174. The van der Waals surface area contributed by atoms with Gasteiger partial charge in [0, 0.05) is 37.1 Å². The van der Waals surface area contributed by atoms with Crippen LogP contribution in [0.1, 0.15) is 40.9 Å². The van der Waals surface area contributed by atoms with E-state index in [1.165, 1.54) is 5.56 Å². The fourth-order valence-corrected chi connectivity index (χ4v) is 3.62. The first kappa shape index (κ1) is 17.1. The van der Waals surface area contributed by atoms with Crippen molar-refractivity contribution in [1.29, 1.82) is 0 Å². The van der Waals surface area contributed by atoms with E-state index in [4.69, 9.17) is 0 Å². The number of carbonyl (C=O) groups excluding carboxylic acids is 1. The fraction of sp³-hybridized carbons (Fsp3) is 0.350. The number of benzene rings is 1. The van der Waals surface area contributed by atoms with Gasteiger partial charge in [-0.25, -0.2) is 0 Å². The quantitative estimate of drug-likeness (QED) is 0.795. The number of aromatic amines is 1. The highest BCUT2D eigenvalue weighted by atomic mass is 16.3. The second kappa shape index (κ2) is 5.99.